The summed E-state index contributed by atoms with van der Waals surface area (Å²) in [6.07, 6.45) is 4.54. The van der Waals surface area contributed by atoms with Crippen molar-refractivity contribution in [3.8, 4) is 0 Å². The lowest BCUT2D eigenvalue weighted by molar-refractivity contribution is 0.580. The standard InChI is InChI=1S/C14H18N4O2S/c1-3-16-12-6-8-15-10-14(12)21(19,20)18-9-13-11(2)5-4-7-17-13/h4-8,10,18H,3,9H2,1-2H3,(H,15,16). The Labute approximate surface area is 124 Å². The van der Waals surface area contributed by atoms with Gasteiger partial charge in [0.2, 0.25) is 10.0 Å². The summed E-state index contributed by atoms with van der Waals surface area (Å²) >= 11 is 0. The topological polar surface area (TPSA) is 84.0 Å². The Hall–Kier alpha value is -1.99. The SMILES string of the molecule is CCNc1ccncc1S(=O)(=O)NCc1ncccc1C. The van der Waals surface area contributed by atoms with E-state index in [-0.39, 0.29) is 11.4 Å². The predicted octanol–water partition coefficient (Wildman–Crippen LogP) is 1.70. The molecule has 7 heteroatoms. The Bertz CT molecular complexity index is 716. The van der Waals surface area contributed by atoms with Crippen LogP contribution >= 0.6 is 0 Å². The second-order valence-electron chi connectivity index (χ2n) is 4.49. The number of aryl methyl sites for hydroxylation is 1. The van der Waals surface area contributed by atoms with E-state index in [9.17, 15) is 8.42 Å². The molecule has 0 atom stereocenters. The van der Waals surface area contributed by atoms with E-state index < -0.39 is 10.0 Å². The Kier molecular flexibility index (Phi) is 4.87. The van der Waals surface area contributed by atoms with Crippen molar-refractivity contribution in [2.24, 2.45) is 0 Å². The lowest BCUT2D eigenvalue weighted by Gasteiger charge is -2.12. The molecule has 2 heterocycles. The van der Waals surface area contributed by atoms with Crippen LogP contribution in [0, 0.1) is 6.92 Å². The van der Waals surface area contributed by atoms with Gasteiger partial charge in [0, 0.05) is 25.1 Å². The second-order valence-corrected chi connectivity index (χ2v) is 6.23. The van der Waals surface area contributed by atoms with Crippen molar-refractivity contribution in [2.75, 3.05) is 11.9 Å². The van der Waals surface area contributed by atoms with Gasteiger partial charge in [0.15, 0.2) is 0 Å². The molecule has 2 aromatic rings. The molecule has 0 unspecified atom stereocenters. The third-order valence-electron chi connectivity index (χ3n) is 2.99. The van der Waals surface area contributed by atoms with Crippen molar-refractivity contribution in [1.29, 1.82) is 0 Å². The minimum absolute atomic E-state index is 0.139. The summed E-state index contributed by atoms with van der Waals surface area (Å²) in [4.78, 5) is 8.21. The van der Waals surface area contributed by atoms with Crippen molar-refractivity contribution < 1.29 is 8.42 Å². The highest BCUT2D eigenvalue weighted by molar-refractivity contribution is 7.89. The molecule has 0 radical (unpaired) electrons. The van der Waals surface area contributed by atoms with Gasteiger partial charge in [-0.2, -0.15) is 0 Å². The average Bonchev–Trinajstić information content (AvgIpc) is 2.47. The monoisotopic (exact) mass is 306 g/mol. The third-order valence-corrected chi connectivity index (χ3v) is 4.42. The second kappa shape index (κ2) is 6.64. The van der Waals surface area contributed by atoms with Gasteiger partial charge < -0.3 is 5.32 Å². The van der Waals surface area contributed by atoms with Gasteiger partial charge in [-0.15, -0.1) is 0 Å². The molecule has 0 aromatic carbocycles. The number of anilines is 1. The van der Waals surface area contributed by atoms with E-state index >= 15 is 0 Å². The van der Waals surface area contributed by atoms with Gasteiger partial charge >= 0.3 is 0 Å². The molecule has 112 valence electrons. The van der Waals surface area contributed by atoms with E-state index in [0.717, 1.165) is 5.56 Å². The molecule has 0 bridgehead atoms. The zero-order chi connectivity index (χ0) is 15.3. The first-order valence-corrected chi connectivity index (χ1v) is 8.11. The minimum atomic E-state index is -3.64. The fraction of sp³-hybridized carbons (Fsp3) is 0.286. The minimum Gasteiger partial charge on any atom is -0.384 e. The number of sulfonamides is 1. The Morgan fingerprint density at radius 2 is 2.05 bits per heavy atom. The maximum absolute atomic E-state index is 12.4. The molecule has 6 nitrogen and oxygen atoms in total. The van der Waals surface area contributed by atoms with Gasteiger partial charge in [0.1, 0.15) is 4.90 Å². The number of hydrogen-bond acceptors (Lipinski definition) is 5. The first-order valence-electron chi connectivity index (χ1n) is 6.62. The van der Waals surface area contributed by atoms with Crippen LogP contribution in [-0.2, 0) is 16.6 Å². The highest BCUT2D eigenvalue weighted by Gasteiger charge is 2.18. The third kappa shape index (κ3) is 3.77. The summed E-state index contributed by atoms with van der Waals surface area (Å²) in [5.41, 5.74) is 2.19. The van der Waals surface area contributed by atoms with Gasteiger partial charge in [0.25, 0.3) is 0 Å². The van der Waals surface area contributed by atoms with Gasteiger partial charge in [-0.1, -0.05) is 6.07 Å². The van der Waals surface area contributed by atoms with E-state index in [1.54, 1.807) is 18.5 Å². The largest absolute Gasteiger partial charge is 0.384 e. The number of nitrogens with one attached hydrogen (secondary N) is 2. The summed E-state index contributed by atoms with van der Waals surface area (Å²) in [7, 11) is -3.64. The van der Waals surface area contributed by atoms with Crippen LogP contribution in [0.15, 0.2) is 41.7 Å². The molecule has 21 heavy (non-hydrogen) atoms. The highest BCUT2D eigenvalue weighted by atomic mass is 32.2. The molecule has 0 spiro atoms. The van der Waals surface area contributed by atoms with Crippen molar-refractivity contribution in [3.63, 3.8) is 0 Å². The molecule has 0 amide bonds. The Morgan fingerprint density at radius 1 is 1.24 bits per heavy atom. The maximum Gasteiger partial charge on any atom is 0.244 e. The number of nitrogens with zero attached hydrogens (tertiary/aromatic N) is 2. The van der Waals surface area contributed by atoms with Crippen LogP contribution < -0.4 is 10.0 Å². The number of aromatic nitrogens is 2. The normalized spacial score (nSPS) is 11.3. The molecule has 2 rings (SSSR count). The smallest absolute Gasteiger partial charge is 0.244 e. The van der Waals surface area contributed by atoms with Crippen LogP contribution in [0.25, 0.3) is 0 Å². The first kappa shape index (κ1) is 15.4. The van der Waals surface area contributed by atoms with Crippen molar-refractivity contribution in [2.45, 2.75) is 25.3 Å². The summed E-state index contributed by atoms with van der Waals surface area (Å²) in [6, 6.07) is 5.35. The lowest BCUT2D eigenvalue weighted by Crippen LogP contribution is -2.25. The van der Waals surface area contributed by atoms with Gasteiger partial charge in [0.05, 0.1) is 17.9 Å². The summed E-state index contributed by atoms with van der Waals surface area (Å²) in [5.74, 6) is 0. The lowest BCUT2D eigenvalue weighted by atomic mass is 10.2. The first-order chi connectivity index (χ1) is 10.0. The predicted molar refractivity (Wildman–Crippen MR) is 81.4 cm³/mol. The number of hydrogen-bond donors (Lipinski definition) is 2. The van der Waals surface area contributed by atoms with E-state index in [1.807, 2.05) is 26.0 Å². The van der Waals surface area contributed by atoms with Gasteiger partial charge in [-0.25, -0.2) is 13.1 Å². The molecule has 0 aliphatic rings. The zero-order valence-electron chi connectivity index (χ0n) is 12.0. The van der Waals surface area contributed by atoms with Crippen LogP contribution in [-0.4, -0.2) is 24.9 Å². The van der Waals surface area contributed by atoms with Crippen LogP contribution in [0.2, 0.25) is 0 Å². The van der Waals surface area contributed by atoms with Gasteiger partial charge in [-0.3, -0.25) is 9.97 Å². The van der Waals surface area contributed by atoms with Crippen molar-refractivity contribution in [1.82, 2.24) is 14.7 Å². The van der Waals surface area contributed by atoms with Crippen molar-refractivity contribution in [3.05, 3.63) is 48.0 Å². The molecule has 0 aliphatic heterocycles. The molecule has 2 aromatic heterocycles. The van der Waals surface area contributed by atoms with E-state index in [4.69, 9.17) is 0 Å². The fourth-order valence-corrected chi connectivity index (χ4v) is 2.99. The van der Waals surface area contributed by atoms with E-state index in [0.29, 0.717) is 17.9 Å². The zero-order valence-corrected chi connectivity index (χ0v) is 12.8. The molecule has 0 fully saturated rings. The molecule has 0 aliphatic carbocycles. The molecular formula is C14H18N4O2S. The number of rotatable bonds is 6. The van der Waals surface area contributed by atoms with Crippen LogP contribution in [0.3, 0.4) is 0 Å². The average molecular weight is 306 g/mol. The Morgan fingerprint density at radius 3 is 2.76 bits per heavy atom. The summed E-state index contributed by atoms with van der Waals surface area (Å²) in [6.45, 7) is 4.58. The van der Waals surface area contributed by atoms with Crippen LogP contribution in [0.4, 0.5) is 5.69 Å². The summed E-state index contributed by atoms with van der Waals surface area (Å²) < 4.78 is 27.3. The molecule has 0 saturated heterocycles. The summed E-state index contributed by atoms with van der Waals surface area (Å²) in [5, 5.41) is 3.02. The Balaban J connectivity index is 2.21. The van der Waals surface area contributed by atoms with Gasteiger partial charge in [-0.05, 0) is 31.5 Å². The van der Waals surface area contributed by atoms with E-state index in [2.05, 4.69) is 20.0 Å². The van der Waals surface area contributed by atoms with Crippen LogP contribution in [0.5, 0.6) is 0 Å². The maximum atomic E-state index is 12.4. The molecule has 0 saturated carbocycles. The fourth-order valence-electron chi connectivity index (χ4n) is 1.88. The van der Waals surface area contributed by atoms with E-state index in [1.165, 1.54) is 6.20 Å². The quantitative estimate of drug-likeness (QED) is 0.848. The van der Waals surface area contributed by atoms with Crippen molar-refractivity contribution >= 4 is 15.7 Å². The number of pyridine rings is 2. The van der Waals surface area contributed by atoms with Crippen LogP contribution in [0.1, 0.15) is 18.2 Å². The highest BCUT2D eigenvalue weighted by Crippen LogP contribution is 2.19. The molecular weight excluding hydrogens is 288 g/mol. The molecule has 2 N–H and O–H groups in total.